The van der Waals surface area contributed by atoms with E-state index in [1.54, 1.807) is 12.1 Å². The van der Waals surface area contributed by atoms with Gasteiger partial charge in [0.2, 0.25) is 0 Å². The summed E-state index contributed by atoms with van der Waals surface area (Å²) in [6, 6.07) is 12.9. The van der Waals surface area contributed by atoms with E-state index in [2.05, 4.69) is 5.32 Å². The summed E-state index contributed by atoms with van der Waals surface area (Å²) >= 11 is 7.44. The Morgan fingerprint density at radius 1 is 1.10 bits per heavy atom. The second kappa shape index (κ2) is 9.32. The van der Waals surface area contributed by atoms with Gasteiger partial charge < -0.3 is 14.8 Å². The molecule has 0 saturated heterocycles. The number of benzene rings is 2. The molecule has 3 aromatic rings. The number of amides is 1. The fourth-order valence-corrected chi connectivity index (χ4v) is 4.38. The maximum Gasteiger partial charge on any atom is 0.341 e. The van der Waals surface area contributed by atoms with E-state index < -0.39 is 5.97 Å². The molecule has 1 heterocycles. The lowest BCUT2D eigenvalue weighted by Gasteiger charge is -2.11. The maximum absolute atomic E-state index is 12.6. The van der Waals surface area contributed by atoms with E-state index in [0.717, 1.165) is 21.6 Å². The highest BCUT2D eigenvalue weighted by Crippen LogP contribution is 2.41. The molecule has 1 amide bonds. The molecule has 1 aromatic heterocycles. The van der Waals surface area contributed by atoms with Gasteiger partial charge in [-0.1, -0.05) is 35.9 Å². The molecular formula is C23H22ClNO4S. The number of carbonyl (C=O) groups is 2. The molecule has 0 spiro atoms. The first kappa shape index (κ1) is 21.9. The molecule has 0 atom stereocenters. The van der Waals surface area contributed by atoms with Gasteiger partial charge in [0.05, 0.1) is 7.11 Å². The van der Waals surface area contributed by atoms with Crippen molar-refractivity contribution in [1.29, 1.82) is 0 Å². The average Bonchev–Trinajstić information content (AvgIpc) is 3.04. The minimum absolute atomic E-state index is 0.172. The Hall–Kier alpha value is -2.83. The molecule has 2 aromatic carbocycles. The Balaban J connectivity index is 1.86. The third-order valence-corrected chi connectivity index (χ3v) is 6.01. The van der Waals surface area contributed by atoms with Gasteiger partial charge in [0.25, 0.3) is 5.91 Å². The van der Waals surface area contributed by atoms with Crippen LogP contribution in [0.2, 0.25) is 5.02 Å². The molecule has 0 saturated carbocycles. The first-order valence-electron chi connectivity index (χ1n) is 9.28. The van der Waals surface area contributed by atoms with Crippen molar-refractivity contribution < 1.29 is 19.1 Å². The molecule has 0 fully saturated rings. The third kappa shape index (κ3) is 4.66. The van der Waals surface area contributed by atoms with Gasteiger partial charge in [-0.3, -0.25) is 4.79 Å². The monoisotopic (exact) mass is 443 g/mol. The van der Waals surface area contributed by atoms with E-state index in [-0.39, 0.29) is 12.5 Å². The molecule has 156 valence electrons. The molecule has 30 heavy (non-hydrogen) atoms. The maximum atomic E-state index is 12.6. The van der Waals surface area contributed by atoms with E-state index in [4.69, 9.17) is 21.1 Å². The molecule has 0 aliphatic carbocycles. The summed E-state index contributed by atoms with van der Waals surface area (Å²) in [7, 11) is 1.31. The summed E-state index contributed by atoms with van der Waals surface area (Å²) in [5, 5.41) is 3.77. The lowest BCUT2D eigenvalue weighted by atomic mass is 10.0. The average molecular weight is 444 g/mol. The summed E-state index contributed by atoms with van der Waals surface area (Å²) in [5.41, 5.74) is 3.85. The highest BCUT2D eigenvalue weighted by Gasteiger charge is 2.25. The van der Waals surface area contributed by atoms with Crippen molar-refractivity contribution in [3.63, 3.8) is 0 Å². The molecule has 1 N–H and O–H groups in total. The first-order valence-corrected chi connectivity index (χ1v) is 10.5. The number of aryl methyl sites for hydroxylation is 2. The molecule has 3 rings (SSSR count). The number of halogens is 1. The Kier molecular flexibility index (Phi) is 6.80. The largest absolute Gasteiger partial charge is 0.483 e. The van der Waals surface area contributed by atoms with Crippen LogP contribution in [0.1, 0.15) is 26.4 Å². The SMILES string of the molecule is COC(=O)c1c(NC(=O)COc2cccc(C)c2C)sc(C)c1-c1cccc(Cl)c1. The van der Waals surface area contributed by atoms with E-state index in [1.165, 1.54) is 18.4 Å². The minimum atomic E-state index is -0.528. The predicted octanol–water partition coefficient (Wildman–Crippen LogP) is 5.80. The van der Waals surface area contributed by atoms with Crippen LogP contribution in [-0.2, 0) is 9.53 Å². The van der Waals surface area contributed by atoms with E-state index in [9.17, 15) is 9.59 Å². The van der Waals surface area contributed by atoms with Crippen molar-refractivity contribution in [2.45, 2.75) is 20.8 Å². The Morgan fingerprint density at radius 3 is 2.53 bits per heavy atom. The second-order valence-electron chi connectivity index (χ2n) is 6.77. The zero-order valence-electron chi connectivity index (χ0n) is 17.2. The normalized spacial score (nSPS) is 10.6. The third-order valence-electron chi connectivity index (χ3n) is 4.75. The summed E-state index contributed by atoms with van der Waals surface area (Å²) in [4.78, 5) is 26.0. The summed E-state index contributed by atoms with van der Waals surface area (Å²) in [6.45, 7) is 5.64. The van der Waals surface area contributed by atoms with Crippen molar-refractivity contribution in [2.24, 2.45) is 0 Å². The first-order chi connectivity index (χ1) is 14.3. The van der Waals surface area contributed by atoms with E-state index >= 15 is 0 Å². The number of nitrogens with one attached hydrogen (secondary N) is 1. The van der Waals surface area contributed by atoms with Crippen molar-refractivity contribution in [3.8, 4) is 16.9 Å². The number of hydrogen-bond acceptors (Lipinski definition) is 5. The summed E-state index contributed by atoms with van der Waals surface area (Å²) in [5.74, 6) is -0.236. The molecule has 0 aliphatic heterocycles. The van der Waals surface area contributed by atoms with Gasteiger partial charge in [-0.2, -0.15) is 0 Å². The molecule has 0 unspecified atom stereocenters. The Labute approximate surface area is 184 Å². The van der Waals surface area contributed by atoms with Gasteiger partial charge in [0.1, 0.15) is 16.3 Å². The van der Waals surface area contributed by atoms with Crippen LogP contribution in [0, 0.1) is 20.8 Å². The fraction of sp³-hybridized carbons (Fsp3) is 0.217. The summed E-state index contributed by atoms with van der Waals surface area (Å²) < 4.78 is 10.6. The van der Waals surface area contributed by atoms with Crippen LogP contribution in [-0.4, -0.2) is 25.6 Å². The highest BCUT2D eigenvalue weighted by molar-refractivity contribution is 7.17. The van der Waals surface area contributed by atoms with Crippen LogP contribution in [0.4, 0.5) is 5.00 Å². The van der Waals surface area contributed by atoms with Crippen LogP contribution in [0.3, 0.4) is 0 Å². The van der Waals surface area contributed by atoms with Crippen molar-refractivity contribution in [2.75, 3.05) is 19.0 Å². The number of esters is 1. The van der Waals surface area contributed by atoms with Gasteiger partial charge >= 0.3 is 5.97 Å². The topological polar surface area (TPSA) is 64.6 Å². The van der Waals surface area contributed by atoms with Crippen molar-refractivity contribution in [1.82, 2.24) is 0 Å². The van der Waals surface area contributed by atoms with Crippen LogP contribution >= 0.6 is 22.9 Å². The Bertz CT molecular complexity index is 1110. The minimum Gasteiger partial charge on any atom is -0.483 e. The van der Waals surface area contributed by atoms with Crippen LogP contribution < -0.4 is 10.1 Å². The lowest BCUT2D eigenvalue weighted by Crippen LogP contribution is -2.21. The van der Waals surface area contributed by atoms with Gasteiger partial charge in [0, 0.05) is 15.5 Å². The zero-order valence-corrected chi connectivity index (χ0v) is 18.7. The van der Waals surface area contributed by atoms with Gasteiger partial charge in [-0.15, -0.1) is 11.3 Å². The van der Waals surface area contributed by atoms with E-state index in [1.807, 2.05) is 51.1 Å². The fourth-order valence-electron chi connectivity index (χ4n) is 3.11. The predicted molar refractivity (Wildman–Crippen MR) is 121 cm³/mol. The number of rotatable bonds is 6. The quantitative estimate of drug-likeness (QED) is 0.489. The molecule has 0 aliphatic rings. The standard InChI is InChI=1S/C23H22ClNO4S/c1-13-7-5-10-18(14(13)2)29-12-19(26)25-22-21(23(27)28-4)20(15(3)30-22)16-8-6-9-17(24)11-16/h5-11H,12H2,1-4H3,(H,25,26). The number of hydrogen-bond donors (Lipinski definition) is 1. The van der Waals surface area contributed by atoms with Crippen LogP contribution in [0.5, 0.6) is 5.75 Å². The second-order valence-corrected chi connectivity index (χ2v) is 8.44. The van der Waals surface area contributed by atoms with E-state index in [0.29, 0.717) is 26.9 Å². The number of anilines is 1. The van der Waals surface area contributed by atoms with Crippen LogP contribution in [0.25, 0.3) is 11.1 Å². The van der Waals surface area contributed by atoms with Gasteiger partial charge in [0.15, 0.2) is 6.61 Å². The Morgan fingerprint density at radius 2 is 1.83 bits per heavy atom. The van der Waals surface area contributed by atoms with Crippen molar-refractivity contribution in [3.05, 3.63) is 69.1 Å². The molecule has 0 bridgehead atoms. The smallest absolute Gasteiger partial charge is 0.341 e. The number of ether oxygens (including phenoxy) is 2. The molecular weight excluding hydrogens is 422 g/mol. The van der Waals surface area contributed by atoms with Crippen LogP contribution in [0.15, 0.2) is 42.5 Å². The number of carbonyl (C=O) groups excluding carboxylic acids is 2. The molecule has 0 radical (unpaired) electrons. The molecule has 5 nitrogen and oxygen atoms in total. The molecule has 7 heteroatoms. The van der Waals surface area contributed by atoms with Gasteiger partial charge in [-0.05, 0) is 55.7 Å². The van der Waals surface area contributed by atoms with Crippen molar-refractivity contribution >= 4 is 39.8 Å². The zero-order chi connectivity index (χ0) is 21.8. The summed E-state index contributed by atoms with van der Waals surface area (Å²) in [6.07, 6.45) is 0. The lowest BCUT2D eigenvalue weighted by molar-refractivity contribution is -0.118. The number of thiophene rings is 1. The number of methoxy groups -OCH3 is 1. The highest BCUT2D eigenvalue weighted by atomic mass is 35.5. The van der Waals surface area contributed by atoms with Gasteiger partial charge in [-0.25, -0.2) is 4.79 Å².